The van der Waals surface area contributed by atoms with Gasteiger partial charge in [0.25, 0.3) is 0 Å². The van der Waals surface area contributed by atoms with Crippen LogP contribution in [-0.4, -0.2) is 24.1 Å². The third-order valence-electron chi connectivity index (χ3n) is 3.29. The number of benzene rings is 1. The van der Waals surface area contributed by atoms with E-state index in [0.29, 0.717) is 19.4 Å². The van der Waals surface area contributed by atoms with Crippen molar-refractivity contribution in [3.05, 3.63) is 35.9 Å². The van der Waals surface area contributed by atoms with Crippen molar-refractivity contribution < 1.29 is 19.1 Å². The van der Waals surface area contributed by atoms with E-state index in [2.05, 4.69) is 0 Å². The lowest BCUT2D eigenvalue weighted by atomic mass is 9.92. The lowest BCUT2D eigenvalue weighted by Gasteiger charge is -2.32. The summed E-state index contributed by atoms with van der Waals surface area (Å²) in [4.78, 5) is 23.0. The standard InChI is InChI=1S/C15H18O4/c1-15(9-10-18-14(17)19-15)11-13(16)8-7-12-5-3-2-4-6-12/h2-6H,7-11H2,1H3. The highest BCUT2D eigenvalue weighted by Gasteiger charge is 2.35. The molecule has 0 saturated carbocycles. The molecule has 1 aliphatic rings. The number of rotatable bonds is 5. The van der Waals surface area contributed by atoms with Crippen LogP contribution in [0.3, 0.4) is 0 Å². The Morgan fingerprint density at radius 1 is 1.32 bits per heavy atom. The molecule has 4 heteroatoms. The van der Waals surface area contributed by atoms with Gasteiger partial charge in [-0.05, 0) is 18.9 Å². The minimum atomic E-state index is -0.705. The Bertz CT molecular complexity index is 454. The van der Waals surface area contributed by atoms with E-state index in [9.17, 15) is 9.59 Å². The van der Waals surface area contributed by atoms with Gasteiger partial charge in [-0.1, -0.05) is 30.3 Å². The van der Waals surface area contributed by atoms with Gasteiger partial charge in [0.05, 0.1) is 6.61 Å². The molecule has 1 aliphatic heterocycles. The second-order valence-corrected chi connectivity index (χ2v) is 5.10. The summed E-state index contributed by atoms with van der Waals surface area (Å²) in [6, 6.07) is 9.88. The van der Waals surface area contributed by atoms with Crippen LogP contribution in [0, 0.1) is 0 Å². The van der Waals surface area contributed by atoms with Crippen LogP contribution >= 0.6 is 0 Å². The topological polar surface area (TPSA) is 52.6 Å². The molecule has 4 nitrogen and oxygen atoms in total. The molecule has 2 rings (SSSR count). The van der Waals surface area contributed by atoms with Gasteiger partial charge in [0.2, 0.25) is 0 Å². The van der Waals surface area contributed by atoms with Crippen molar-refractivity contribution in [3.8, 4) is 0 Å². The molecule has 102 valence electrons. The summed E-state index contributed by atoms with van der Waals surface area (Å²) in [6.07, 6.45) is 1.34. The predicted octanol–water partition coefficient (Wildman–Crippen LogP) is 2.89. The Labute approximate surface area is 112 Å². The number of cyclic esters (lactones) is 2. The number of ketones is 1. The SMILES string of the molecule is CC1(CC(=O)CCc2ccccc2)CCOC(=O)O1. The molecule has 1 fully saturated rings. The Morgan fingerprint density at radius 3 is 2.74 bits per heavy atom. The summed E-state index contributed by atoms with van der Waals surface area (Å²) in [6.45, 7) is 2.11. The number of hydrogen-bond donors (Lipinski definition) is 0. The summed E-state index contributed by atoms with van der Waals surface area (Å²) >= 11 is 0. The third kappa shape index (κ3) is 4.09. The summed E-state index contributed by atoms with van der Waals surface area (Å²) in [5.41, 5.74) is 0.438. The van der Waals surface area contributed by atoms with Crippen LogP contribution in [0.25, 0.3) is 0 Å². The maximum absolute atomic E-state index is 12.0. The molecule has 1 heterocycles. The summed E-state index contributed by atoms with van der Waals surface area (Å²) in [5, 5.41) is 0. The molecule has 0 N–H and O–H groups in total. The number of ether oxygens (including phenoxy) is 2. The van der Waals surface area contributed by atoms with E-state index in [1.807, 2.05) is 30.3 Å². The molecule has 0 radical (unpaired) electrons. The molecule has 0 bridgehead atoms. The molecule has 19 heavy (non-hydrogen) atoms. The van der Waals surface area contributed by atoms with Crippen LogP contribution in [0.15, 0.2) is 30.3 Å². The second kappa shape index (κ2) is 5.87. The number of hydrogen-bond acceptors (Lipinski definition) is 4. The lowest BCUT2D eigenvalue weighted by Crippen LogP contribution is -2.40. The first-order chi connectivity index (χ1) is 9.07. The Balaban J connectivity index is 1.82. The van der Waals surface area contributed by atoms with Gasteiger partial charge in [-0.3, -0.25) is 4.79 Å². The number of aryl methyl sites for hydroxylation is 1. The van der Waals surface area contributed by atoms with Crippen LogP contribution in [0.1, 0.15) is 31.7 Å². The first-order valence-electron chi connectivity index (χ1n) is 6.49. The van der Waals surface area contributed by atoms with Gasteiger partial charge in [0, 0.05) is 19.3 Å². The fourth-order valence-electron chi connectivity index (χ4n) is 2.19. The zero-order valence-corrected chi connectivity index (χ0v) is 11.1. The molecule has 1 saturated heterocycles. The molecular weight excluding hydrogens is 244 g/mol. The predicted molar refractivity (Wildman–Crippen MR) is 69.8 cm³/mol. The monoisotopic (exact) mass is 262 g/mol. The molecule has 0 aliphatic carbocycles. The van der Waals surface area contributed by atoms with Gasteiger partial charge in [-0.15, -0.1) is 0 Å². The van der Waals surface area contributed by atoms with E-state index in [1.54, 1.807) is 6.92 Å². The zero-order chi connectivity index (χ0) is 13.7. The smallest absolute Gasteiger partial charge is 0.434 e. The Kier molecular flexibility index (Phi) is 4.20. The summed E-state index contributed by atoms with van der Waals surface area (Å²) in [7, 11) is 0. The van der Waals surface area contributed by atoms with E-state index in [-0.39, 0.29) is 12.2 Å². The van der Waals surface area contributed by atoms with Crippen molar-refractivity contribution in [1.29, 1.82) is 0 Å². The fraction of sp³-hybridized carbons (Fsp3) is 0.467. The first-order valence-corrected chi connectivity index (χ1v) is 6.49. The average Bonchev–Trinajstić information content (AvgIpc) is 2.37. The first kappa shape index (κ1) is 13.6. The van der Waals surface area contributed by atoms with Crippen LogP contribution in [-0.2, 0) is 20.7 Å². The van der Waals surface area contributed by atoms with Gasteiger partial charge in [-0.2, -0.15) is 0 Å². The largest absolute Gasteiger partial charge is 0.508 e. The molecule has 1 aromatic rings. The summed E-state index contributed by atoms with van der Waals surface area (Å²) in [5.74, 6) is 0.112. The van der Waals surface area contributed by atoms with Crippen molar-refractivity contribution in [2.75, 3.05) is 6.61 Å². The second-order valence-electron chi connectivity index (χ2n) is 5.10. The maximum Gasteiger partial charge on any atom is 0.508 e. The molecule has 0 amide bonds. The highest BCUT2D eigenvalue weighted by atomic mass is 16.7. The fourth-order valence-corrected chi connectivity index (χ4v) is 2.19. The van der Waals surface area contributed by atoms with E-state index in [0.717, 1.165) is 12.0 Å². The highest BCUT2D eigenvalue weighted by molar-refractivity contribution is 5.80. The third-order valence-corrected chi connectivity index (χ3v) is 3.29. The highest BCUT2D eigenvalue weighted by Crippen LogP contribution is 2.26. The molecule has 0 aromatic heterocycles. The van der Waals surface area contributed by atoms with Gasteiger partial charge >= 0.3 is 6.16 Å². The minimum Gasteiger partial charge on any atom is -0.434 e. The number of carbonyl (C=O) groups excluding carboxylic acids is 2. The molecule has 1 unspecified atom stereocenters. The van der Waals surface area contributed by atoms with Crippen LogP contribution < -0.4 is 0 Å². The van der Waals surface area contributed by atoms with Crippen molar-refractivity contribution in [2.45, 2.75) is 38.2 Å². The van der Waals surface area contributed by atoms with Crippen LogP contribution in [0.5, 0.6) is 0 Å². The van der Waals surface area contributed by atoms with Gasteiger partial charge in [-0.25, -0.2) is 4.79 Å². The zero-order valence-electron chi connectivity index (χ0n) is 11.1. The van der Waals surface area contributed by atoms with Gasteiger partial charge in [0.15, 0.2) is 0 Å². The van der Waals surface area contributed by atoms with E-state index in [4.69, 9.17) is 9.47 Å². The van der Waals surface area contributed by atoms with Crippen LogP contribution in [0.4, 0.5) is 4.79 Å². The number of Topliss-reactive ketones (excluding diaryl/α,β-unsaturated/α-hetero) is 1. The van der Waals surface area contributed by atoms with Crippen molar-refractivity contribution in [3.63, 3.8) is 0 Å². The van der Waals surface area contributed by atoms with Gasteiger partial charge in [0.1, 0.15) is 11.4 Å². The van der Waals surface area contributed by atoms with Crippen molar-refractivity contribution in [2.24, 2.45) is 0 Å². The normalized spacial score (nSPS) is 22.5. The van der Waals surface area contributed by atoms with Crippen LogP contribution in [0.2, 0.25) is 0 Å². The molecule has 1 atom stereocenters. The van der Waals surface area contributed by atoms with E-state index < -0.39 is 11.8 Å². The number of carbonyl (C=O) groups is 2. The van der Waals surface area contributed by atoms with E-state index >= 15 is 0 Å². The minimum absolute atomic E-state index is 0.112. The quantitative estimate of drug-likeness (QED) is 0.766. The molecule has 0 spiro atoms. The summed E-state index contributed by atoms with van der Waals surface area (Å²) < 4.78 is 9.83. The van der Waals surface area contributed by atoms with E-state index in [1.165, 1.54) is 0 Å². The van der Waals surface area contributed by atoms with Gasteiger partial charge < -0.3 is 9.47 Å². The molecule has 1 aromatic carbocycles. The van der Waals surface area contributed by atoms with Crippen molar-refractivity contribution in [1.82, 2.24) is 0 Å². The lowest BCUT2D eigenvalue weighted by molar-refractivity contribution is -0.128. The Hall–Kier alpha value is -1.84. The molecular formula is C15H18O4. The average molecular weight is 262 g/mol. The van der Waals surface area contributed by atoms with Crippen molar-refractivity contribution >= 4 is 11.9 Å². The Morgan fingerprint density at radius 2 is 2.05 bits per heavy atom. The maximum atomic E-state index is 12.0.